The highest BCUT2D eigenvalue weighted by molar-refractivity contribution is 5.59. The molecule has 1 atom stereocenters. The van der Waals surface area contributed by atoms with Crippen molar-refractivity contribution in [3.63, 3.8) is 0 Å². The first-order valence-corrected chi connectivity index (χ1v) is 6.53. The average molecular weight is 294 g/mol. The molecule has 0 fully saturated rings. The van der Waals surface area contributed by atoms with Crippen LogP contribution in [0.5, 0.6) is 0 Å². The standard InChI is InChI=1S/C16H17F3N2/c1-9-3-5-14(20)12(7-9)10(2)13-8-11(16(17,18)19)4-6-15(13)21/h3-8,10H,20-21H2,1-2H3. The van der Waals surface area contributed by atoms with Crippen LogP contribution in [0.15, 0.2) is 36.4 Å². The number of hydrogen-bond donors (Lipinski definition) is 2. The van der Waals surface area contributed by atoms with Crippen molar-refractivity contribution in [3.8, 4) is 0 Å². The summed E-state index contributed by atoms with van der Waals surface area (Å²) in [6.07, 6.45) is -4.39. The molecule has 0 heterocycles. The predicted molar refractivity (Wildman–Crippen MR) is 79.0 cm³/mol. The fourth-order valence-electron chi connectivity index (χ4n) is 2.36. The van der Waals surface area contributed by atoms with Crippen molar-refractivity contribution in [2.45, 2.75) is 25.9 Å². The van der Waals surface area contributed by atoms with Gasteiger partial charge in [0.05, 0.1) is 5.56 Å². The van der Waals surface area contributed by atoms with Crippen LogP contribution in [-0.2, 0) is 6.18 Å². The zero-order valence-corrected chi connectivity index (χ0v) is 11.8. The highest BCUT2D eigenvalue weighted by Gasteiger charge is 2.31. The number of alkyl halides is 3. The van der Waals surface area contributed by atoms with Crippen LogP contribution >= 0.6 is 0 Å². The topological polar surface area (TPSA) is 52.0 Å². The molecule has 2 rings (SSSR count). The third kappa shape index (κ3) is 3.12. The lowest BCUT2D eigenvalue weighted by Gasteiger charge is -2.19. The molecule has 0 aliphatic carbocycles. The fraction of sp³-hybridized carbons (Fsp3) is 0.250. The molecule has 0 aromatic heterocycles. The van der Waals surface area contributed by atoms with E-state index in [1.165, 1.54) is 6.07 Å². The van der Waals surface area contributed by atoms with Crippen molar-refractivity contribution >= 4 is 11.4 Å². The van der Waals surface area contributed by atoms with Crippen molar-refractivity contribution in [2.75, 3.05) is 11.5 Å². The van der Waals surface area contributed by atoms with E-state index in [0.717, 1.165) is 23.3 Å². The largest absolute Gasteiger partial charge is 0.416 e. The van der Waals surface area contributed by atoms with Crippen molar-refractivity contribution < 1.29 is 13.2 Å². The first-order chi connectivity index (χ1) is 9.70. The van der Waals surface area contributed by atoms with Crippen molar-refractivity contribution in [2.24, 2.45) is 0 Å². The van der Waals surface area contributed by atoms with Gasteiger partial charge in [-0.3, -0.25) is 0 Å². The van der Waals surface area contributed by atoms with Crippen LogP contribution in [0.2, 0.25) is 0 Å². The van der Waals surface area contributed by atoms with Gasteiger partial charge in [0.1, 0.15) is 0 Å². The number of rotatable bonds is 2. The molecule has 2 aromatic carbocycles. The molecule has 2 aromatic rings. The zero-order chi connectivity index (χ0) is 15.8. The Balaban J connectivity index is 2.52. The van der Waals surface area contributed by atoms with Gasteiger partial charge in [0.15, 0.2) is 0 Å². The third-order valence-corrected chi connectivity index (χ3v) is 3.59. The molecule has 1 unspecified atom stereocenters. The Kier molecular flexibility index (Phi) is 3.85. The molecule has 2 nitrogen and oxygen atoms in total. The van der Waals surface area contributed by atoms with E-state index in [1.54, 1.807) is 13.0 Å². The molecule has 5 heteroatoms. The summed E-state index contributed by atoms with van der Waals surface area (Å²) in [5, 5.41) is 0. The maximum Gasteiger partial charge on any atom is 0.416 e. The zero-order valence-electron chi connectivity index (χ0n) is 11.8. The van der Waals surface area contributed by atoms with Crippen LogP contribution in [0, 0.1) is 6.92 Å². The van der Waals surface area contributed by atoms with Crippen molar-refractivity contribution in [1.82, 2.24) is 0 Å². The van der Waals surface area contributed by atoms with E-state index in [-0.39, 0.29) is 5.92 Å². The molecule has 0 aliphatic heterocycles. The van der Waals surface area contributed by atoms with Gasteiger partial charge in [-0.25, -0.2) is 0 Å². The predicted octanol–water partition coefficient (Wildman–Crippen LogP) is 4.33. The molecule has 0 amide bonds. The van der Waals surface area contributed by atoms with Gasteiger partial charge in [-0.15, -0.1) is 0 Å². The smallest absolute Gasteiger partial charge is 0.398 e. The number of aryl methyl sites for hydroxylation is 1. The minimum absolute atomic E-state index is 0.313. The first-order valence-electron chi connectivity index (χ1n) is 6.53. The van der Waals surface area contributed by atoms with E-state index in [9.17, 15) is 13.2 Å². The molecule has 112 valence electrons. The summed E-state index contributed by atoms with van der Waals surface area (Å²) < 4.78 is 38.5. The molecular formula is C16H17F3N2. The summed E-state index contributed by atoms with van der Waals surface area (Å²) in [7, 11) is 0. The number of nitrogens with two attached hydrogens (primary N) is 2. The number of nitrogen functional groups attached to an aromatic ring is 2. The Bertz CT molecular complexity index is 663. The first kappa shape index (κ1) is 15.2. The maximum atomic E-state index is 12.8. The van der Waals surface area contributed by atoms with E-state index < -0.39 is 11.7 Å². The molecule has 4 N–H and O–H groups in total. The van der Waals surface area contributed by atoms with Gasteiger partial charge in [0.25, 0.3) is 0 Å². The quantitative estimate of drug-likeness (QED) is 0.810. The summed E-state index contributed by atoms with van der Waals surface area (Å²) in [5.74, 6) is -0.313. The molecule has 0 saturated heterocycles. The molecule has 0 saturated carbocycles. The van der Waals surface area contributed by atoms with E-state index >= 15 is 0 Å². The normalized spacial score (nSPS) is 13.2. The minimum Gasteiger partial charge on any atom is -0.398 e. The van der Waals surface area contributed by atoms with Crippen LogP contribution in [0.25, 0.3) is 0 Å². The highest BCUT2D eigenvalue weighted by Crippen LogP contribution is 2.37. The molecule has 0 aliphatic rings. The molecule has 0 bridgehead atoms. The van der Waals surface area contributed by atoms with Gasteiger partial charge >= 0.3 is 6.18 Å². The second kappa shape index (κ2) is 5.31. The Hall–Kier alpha value is -2.17. The van der Waals surface area contributed by atoms with E-state index in [0.29, 0.717) is 16.9 Å². The lowest BCUT2D eigenvalue weighted by molar-refractivity contribution is -0.137. The minimum atomic E-state index is -4.39. The summed E-state index contributed by atoms with van der Waals surface area (Å²) in [6.45, 7) is 3.71. The van der Waals surface area contributed by atoms with Crippen LogP contribution < -0.4 is 11.5 Å². The molecular weight excluding hydrogens is 277 g/mol. The van der Waals surface area contributed by atoms with E-state index in [2.05, 4.69) is 0 Å². The number of halogens is 3. The van der Waals surface area contributed by atoms with Gasteiger partial charge in [-0.1, -0.05) is 24.6 Å². The van der Waals surface area contributed by atoms with Gasteiger partial charge in [0, 0.05) is 17.3 Å². The van der Waals surface area contributed by atoms with Gasteiger partial charge in [0.2, 0.25) is 0 Å². The number of hydrogen-bond acceptors (Lipinski definition) is 2. The number of anilines is 2. The van der Waals surface area contributed by atoms with Gasteiger partial charge in [-0.2, -0.15) is 13.2 Å². The number of benzene rings is 2. The van der Waals surface area contributed by atoms with Crippen molar-refractivity contribution in [3.05, 3.63) is 58.7 Å². The Morgan fingerprint density at radius 3 is 2.00 bits per heavy atom. The van der Waals surface area contributed by atoms with Crippen LogP contribution in [0.3, 0.4) is 0 Å². The fourth-order valence-corrected chi connectivity index (χ4v) is 2.36. The summed E-state index contributed by atoms with van der Waals surface area (Å²) in [4.78, 5) is 0. The summed E-state index contributed by atoms with van der Waals surface area (Å²) in [6, 6.07) is 8.87. The van der Waals surface area contributed by atoms with Crippen molar-refractivity contribution in [1.29, 1.82) is 0 Å². The molecule has 0 radical (unpaired) electrons. The molecule has 21 heavy (non-hydrogen) atoms. The lowest BCUT2D eigenvalue weighted by atomic mass is 9.89. The lowest BCUT2D eigenvalue weighted by Crippen LogP contribution is -2.09. The second-order valence-corrected chi connectivity index (χ2v) is 5.20. The van der Waals surface area contributed by atoms with Gasteiger partial charge in [-0.05, 0) is 42.3 Å². The Morgan fingerprint density at radius 1 is 0.905 bits per heavy atom. The SMILES string of the molecule is Cc1ccc(N)c(C(C)c2cc(C(F)(F)F)ccc2N)c1. The third-order valence-electron chi connectivity index (χ3n) is 3.59. The van der Waals surface area contributed by atoms with Gasteiger partial charge < -0.3 is 11.5 Å². The second-order valence-electron chi connectivity index (χ2n) is 5.20. The average Bonchev–Trinajstić information content (AvgIpc) is 2.40. The summed E-state index contributed by atoms with van der Waals surface area (Å²) >= 11 is 0. The summed E-state index contributed by atoms with van der Waals surface area (Å²) in [5.41, 5.74) is 14.2. The Labute approximate surface area is 121 Å². The molecule has 0 spiro atoms. The maximum absolute atomic E-state index is 12.8. The highest BCUT2D eigenvalue weighted by atomic mass is 19.4. The van der Waals surface area contributed by atoms with E-state index in [4.69, 9.17) is 11.5 Å². The van der Waals surface area contributed by atoms with Crippen LogP contribution in [-0.4, -0.2) is 0 Å². The van der Waals surface area contributed by atoms with Crippen LogP contribution in [0.4, 0.5) is 24.5 Å². The monoisotopic (exact) mass is 294 g/mol. The van der Waals surface area contributed by atoms with Crippen LogP contribution in [0.1, 0.15) is 35.1 Å². The van der Waals surface area contributed by atoms with E-state index in [1.807, 2.05) is 19.1 Å². The Morgan fingerprint density at radius 2 is 1.43 bits per heavy atom.